The van der Waals surface area contributed by atoms with Gasteiger partial charge in [-0.25, -0.2) is 0 Å². The Labute approximate surface area is 331 Å². The largest absolute Gasteiger partial charge is 0.311 e. The molecule has 0 bridgehead atoms. The predicted molar refractivity (Wildman–Crippen MR) is 241 cm³/mol. The van der Waals surface area contributed by atoms with Crippen molar-refractivity contribution in [2.45, 2.75) is 0 Å². The number of rotatable bonds is 7. The molecule has 0 saturated carbocycles. The first-order valence-corrected chi connectivity index (χ1v) is 19.5. The van der Waals surface area contributed by atoms with Gasteiger partial charge in [0, 0.05) is 50.0 Å². The van der Waals surface area contributed by atoms with Gasteiger partial charge in [0.2, 0.25) is 0 Å². The van der Waals surface area contributed by atoms with Crippen LogP contribution in [0.1, 0.15) is 0 Å². The molecule has 0 saturated heterocycles. The molecule has 0 aliphatic carbocycles. The highest BCUT2D eigenvalue weighted by molar-refractivity contribution is 6.12. The standard InChI is InChI=1S/C54H37N3/c1-4-14-38(15-5-1)39-24-28-45(29-25-39)56-52-23-13-11-21-48(52)50-36-40(27-35-53(50)56)41-26-34-49-47-20-10-12-22-51(47)57(54(49)37-41)46-32-30-44(31-33-46)55(42-16-6-2-7-17-42)43-18-8-3-9-19-43/h1-37H. The minimum Gasteiger partial charge on any atom is -0.311 e. The second-order valence-corrected chi connectivity index (χ2v) is 14.6. The number of nitrogens with zero attached hydrogens (tertiary/aromatic N) is 3. The van der Waals surface area contributed by atoms with Gasteiger partial charge in [0.05, 0.1) is 22.1 Å². The van der Waals surface area contributed by atoms with Crippen molar-refractivity contribution in [2.75, 3.05) is 4.90 Å². The highest BCUT2D eigenvalue weighted by Crippen LogP contribution is 2.40. The van der Waals surface area contributed by atoms with E-state index in [4.69, 9.17) is 0 Å². The Balaban J connectivity index is 1.02. The topological polar surface area (TPSA) is 13.1 Å². The molecule has 2 aromatic heterocycles. The lowest BCUT2D eigenvalue weighted by Gasteiger charge is -2.25. The molecule has 0 N–H and O–H groups in total. The highest BCUT2D eigenvalue weighted by Gasteiger charge is 2.17. The number of benzene rings is 9. The maximum atomic E-state index is 2.41. The fourth-order valence-electron chi connectivity index (χ4n) is 8.64. The average molecular weight is 728 g/mol. The van der Waals surface area contributed by atoms with E-state index in [1.54, 1.807) is 0 Å². The first-order chi connectivity index (χ1) is 28.3. The fourth-order valence-corrected chi connectivity index (χ4v) is 8.64. The number of hydrogen-bond acceptors (Lipinski definition) is 1. The summed E-state index contributed by atoms with van der Waals surface area (Å²) in [6.45, 7) is 0. The van der Waals surface area contributed by atoms with Gasteiger partial charge in [-0.3, -0.25) is 0 Å². The zero-order valence-electron chi connectivity index (χ0n) is 31.2. The van der Waals surface area contributed by atoms with E-state index < -0.39 is 0 Å². The number of anilines is 3. The SMILES string of the molecule is c1ccc(-c2ccc(-n3c4ccccc4c4cc(-c5ccc6c7ccccc7n(-c7ccc(N(c8ccccc8)c8ccccc8)cc7)c6c5)ccc43)cc2)cc1. The Bertz CT molecular complexity index is 3160. The molecule has 11 rings (SSSR count). The lowest BCUT2D eigenvalue weighted by molar-refractivity contribution is 1.17. The van der Waals surface area contributed by atoms with Crippen molar-refractivity contribution >= 4 is 60.7 Å². The second-order valence-electron chi connectivity index (χ2n) is 14.6. The van der Waals surface area contributed by atoms with Crippen molar-refractivity contribution in [1.82, 2.24) is 9.13 Å². The third kappa shape index (κ3) is 5.60. The average Bonchev–Trinajstić information content (AvgIpc) is 3.80. The van der Waals surface area contributed by atoms with Gasteiger partial charge in [-0.2, -0.15) is 0 Å². The predicted octanol–water partition coefficient (Wildman–Crippen LogP) is 14.7. The van der Waals surface area contributed by atoms with Crippen LogP contribution < -0.4 is 4.90 Å². The molecular weight excluding hydrogens is 691 g/mol. The van der Waals surface area contributed by atoms with Gasteiger partial charge >= 0.3 is 0 Å². The zero-order chi connectivity index (χ0) is 37.7. The monoisotopic (exact) mass is 727 g/mol. The van der Waals surface area contributed by atoms with Crippen molar-refractivity contribution in [3.8, 4) is 33.6 Å². The van der Waals surface area contributed by atoms with Gasteiger partial charge in [-0.15, -0.1) is 0 Å². The van der Waals surface area contributed by atoms with E-state index in [1.807, 2.05) is 0 Å². The van der Waals surface area contributed by atoms with Crippen LogP contribution in [0.4, 0.5) is 17.1 Å². The molecule has 0 unspecified atom stereocenters. The van der Waals surface area contributed by atoms with Crippen LogP contribution in [0.25, 0.3) is 77.2 Å². The van der Waals surface area contributed by atoms with Gasteiger partial charge in [0.25, 0.3) is 0 Å². The first-order valence-electron chi connectivity index (χ1n) is 19.5. The van der Waals surface area contributed by atoms with Gasteiger partial charge in [0.1, 0.15) is 0 Å². The van der Waals surface area contributed by atoms with Gasteiger partial charge in [-0.05, 0) is 113 Å². The maximum Gasteiger partial charge on any atom is 0.0547 e. The van der Waals surface area contributed by atoms with Crippen LogP contribution in [-0.2, 0) is 0 Å². The molecular formula is C54H37N3. The van der Waals surface area contributed by atoms with Crippen LogP contribution in [0.5, 0.6) is 0 Å². The Morgan fingerprint density at radius 3 is 1.28 bits per heavy atom. The van der Waals surface area contributed by atoms with E-state index >= 15 is 0 Å². The van der Waals surface area contributed by atoms with Crippen molar-refractivity contribution in [3.63, 3.8) is 0 Å². The number of para-hydroxylation sites is 4. The lowest BCUT2D eigenvalue weighted by Crippen LogP contribution is -2.09. The van der Waals surface area contributed by atoms with Crippen LogP contribution in [0.3, 0.4) is 0 Å². The number of fused-ring (bicyclic) bond motifs is 6. The quantitative estimate of drug-likeness (QED) is 0.159. The third-order valence-corrected chi connectivity index (χ3v) is 11.3. The summed E-state index contributed by atoms with van der Waals surface area (Å²) < 4.78 is 4.81. The molecule has 2 heterocycles. The molecule has 0 atom stereocenters. The van der Waals surface area contributed by atoms with Gasteiger partial charge < -0.3 is 14.0 Å². The Hall–Kier alpha value is -7.62. The van der Waals surface area contributed by atoms with Crippen LogP contribution in [-0.4, -0.2) is 9.13 Å². The lowest BCUT2D eigenvalue weighted by atomic mass is 10.0. The maximum absolute atomic E-state index is 2.41. The number of hydrogen-bond donors (Lipinski definition) is 0. The molecule has 0 amide bonds. The van der Waals surface area contributed by atoms with E-state index in [9.17, 15) is 0 Å². The van der Waals surface area contributed by atoms with Crippen LogP contribution in [0.15, 0.2) is 224 Å². The second kappa shape index (κ2) is 13.6. The summed E-state index contributed by atoms with van der Waals surface area (Å²) in [6.07, 6.45) is 0. The summed E-state index contributed by atoms with van der Waals surface area (Å²) in [7, 11) is 0. The molecule has 3 nitrogen and oxygen atoms in total. The highest BCUT2D eigenvalue weighted by atomic mass is 15.1. The molecule has 0 aliphatic rings. The third-order valence-electron chi connectivity index (χ3n) is 11.3. The minimum atomic E-state index is 1.11. The van der Waals surface area contributed by atoms with E-state index in [2.05, 4.69) is 238 Å². The van der Waals surface area contributed by atoms with Crippen LogP contribution >= 0.6 is 0 Å². The fraction of sp³-hybridized carbons (Fsp3) is 0. The molecule has 9 aromatic carbocycles. The summed E-state index contributed by atoms with van der Waals surface area (Å²) in [5.74, 6) is 0. The van der Waals surface area contributed by atoms with Crippen molar-refractivity contribution < 1.29 is 0 Å². The summed E-state index contributed by atoms with van der Waals surface area (Å²) in [5, 5.41) is 4.98. The molecule has 0 fully saturated rings. The Morgan fingerprint density at radius 2 is 0.649 bits per heavy atom. The van der Waals surface area contributed by atoms with Gasteiger partial charge in [-0.1, -0.05) is 133 Å². The van der Waals surface area contributed by atoms with E-state index in [-0.39, 0.29) is 0 Å². The summed E-state index contributed by atoms with van der Waals surface area (Å²) in [6, 6.07) is 81.0. The molecule has 0 aliphatic heterocycles. The summed E-state index contributed by atoms with van der Waals surface area (Å²) in [5.41, 5.74) is 15.2. The van der Waals surface area contributed by atoms with Gasteiger partial charge in [0.15, 0.2) is 0 Å². The molecule has 268 valence electrons. The summed E-state index contributed by atoms with van der Waals surface area (Å²) >= 11 is 0. The van der Waals surface area contributed by atoms with Crippen LogP contribution in [0, 0.1) is 0 Å². The first kappa shape index (κ1) is 32.8. The van der Waals surface area contributed by atoms with Crippen LogP contribution in [0.2, 0.25) is 0 Å². The van der Waals surface area contributed by atoms with E-state index in [1.165, 1.54) is 65.9 Å². The molecule has 0 radical (unpaired) electrons. The zero-order valence-corrected chi connectivity index (χ0v) is 31.2. The molecule has 11 aromatic rings. The summed E-state index contributed by atoms with van der Waals surface area (Å²) in [4.78, 5) is 2.31. The number of aromatic nitrogens is 2. The Kier molecular flexibility index (Phi) is 7.82. The minimum absolute atomic E-state index is 1.11. The van der Waals surface area contributed by atoms with Crippen molar-refractivity contribution in [2.24, 2.45) is 0 Å². The molecule has 57 heavy (non-hydrogen) atoms. The van der Waals surface area contributed by atoms with E-state index in [0.717, 1.165) is 28.4 Å². The molecule has 0 spiro atoms. The van der Waals surface area contributed by atoms with Crippen molar-refractivity contribution in [1.29, 1.82) is 0 Å². The Morgan fingerprint density at radius 1 is 0.246 bits per heavy atom. The van der Waals surface area contributed by atoms with E-state index in [0.29, 0.717) is 0 Å². The van der Waals surface area contributed by atoms with Crippen molar-refractivity contribution in [3.05, 3.63) is 224 Å². The smallest absolute Gasteiger partial charge is 0.0547 e. The normalized spacial score (nSPS) is 11.5. The molecule has 3 heteroatoms.